The number of carbonyl (C=O) groups excluding carboxylic acids is 2. The van der Waals surface area contributed by atoms with Gasteiger partial charge in [-0.05, 0) is 37.5 Å². The number of hydrogen-bond acceptors (Lipinski definition) is 4. The lowest BCUT2D eigenvalue weighted by molar-refractivity contribution is -0.145. The van der Waals surface area contributed by atoms with E-state index in [9.17, 15) is 9.59 Å². The lowest BCUT2D eigenvalue weighted by Gasteiger charge is -2.20. The van der Waals surface area contributed by atoms with Gasteiger partial charge in [-0.25, -0.2) is 0 Å². The zero-order chi connectivity index (χ0) is 25.3. The van der Waals surface area contributed by atoms with Crippen LogP contribution in [0.1, 0.15) is 156 Å². The summed E-state index contributed by atoms with van der Waals surface area (Å²) in [5.74, 6) is 0.924. The van der Waals surface area contributed by atoms with E-state index in [1.807, 2.05) is 0 Å². The third-order valence-electron chi connectivity index (χ3n) is 6.85. The predicted molar refractivity (Wildman–Crippen MR) is 144 cm³/mol. The van der Waals surface area contributed by atoms with Gasteiger partial charge in [0.2, 0.25) is 0 Å². The first-order chi connectivity index (χ1) is 16.5. The van der Waals surface area contributed by atoms with Gasteiger partial charge in [-0.15, -0.1) is 0 Å². The van der Waals surface area contributed by atoms with Crippen LogP contribution in [-0.2, 0) is 19.1 Å². The zero-order valence-corrected chi connectivity index (χ0v) is 23.3. The average molecular weight is 483 g/mol. The topological polar surface area (TPSA) is 52.6 Å². The molecule has 1 atom stereocenters. The van der Waals surface area contributed by atoms with Crippen LogP contribution in [0.2, 0.25) is 0 Å². The highest BCUT2D eigenvalue weighted by molar-refractivity contribution is 5.69. The summed E-state index contributed by atoms with van der Waals surface area (Å²) >= 11 is 0. The molecule has 0 fully saturated rings. The van der Waals surface area contributed by atoms with E-state index in [0.717, 1.165) is 38.5 Å². The summed E-state index contributed by atoms with van der Waals surface area (Å²) in [5, 5.41) is 0. The van der Waals surface area contributed by atoms with Crippen molar-refractivity contribution in [2.45, 2.75) is 156 Å². The first-order valence-corrected chi connectivity index (χ1v) is 14.8. The van der Waals surface area contributed by atoms with E-state index in [1.165, 1.54) is 77.0 Å². The summed E-state index contributed by atoms with van der Waals surface area (Å²) in [6.45, 7) is 10.0. The second-order valence-electron chi connectivity index (χ2n) is 10.5. The van der Waals surface area contributed by atoms with Crippen LogP contribution in [0, 0.1) is 11.8 Å². The first kappa shape index (κ1) is 32.9. The van der Waals surface area contributed by atoms with Crippen molar-refractivity contribution in [1.82, 2.24) is 0 Å². The highest BCUT2D eigenvalue weighted by Crippen LogP contribution is 2.23. The molecule has 0 spiro atoms. The van der Waals surface area contributed by atoms with Gasteiger partial charge in [-0.3, -0.25) is 9.59 Å². The molecule has 0 N–H and O–H groups in total. The van der Waals surface area contributed by atoms with Crippen LogP contribution in [-0.4, -0.2) is 25.2 Å². The van der Waals surface area contributed by atoms with Gasteiger partial charge in [-0.2, -0.15) is 0 Å². The number of hydrogen-bond donors (Lipinski definition) is 0. The normalized spacial score (nSPS) is 12.1. The average Bonchev–Trinajstić information content (AvgIpc) is 2.81. The van der Waals surface area contributed by atoms with Gasteiger partial charge in [0.15, 0.2) is 0 Å². The summed E-state index contributed by atoms with van der Waals surface area (Å²) in [6, 6.07) is 0. The van der Waals surface area contributed by atoms with Gasteiger partial charge in [0.1, 0.15) is 0 Å². The number of ether oxygens (including phenoxy) is 2. The molecule has 0 heterocycles. The molecule has 0 bridgehead atoms. The lowest BCUT2D eigenvalue weighted by Crippen LogP contribution is -2.17. The predicted octanol–water partition coefficient (Wildman–Crippen LogP) is 9.19. The minimum atomic E-state index is -0.0229. The van der Waals surface area contributed by atoms with Crippen LogP contribution in [0.25, 0.3) is 0 Å². The zero-order valence-electron chi connectivity index (χ0n) is 23.3. The van der Waals surface area contributed by atoms with Crippen molar-refractivity contribution in [2.75, 3.05) is 13.2 Å². The molecule has 0 aromatic carbocycles. The maximum Gasteiger partial charge on any atom is 0.306 e. The third-order valence-corrected chi connectivity index (χ3v) is 6.85. The quantitative estimate of drug-likeness (QED) is 0.0961. The van der Waals surface area contributed by atoms with Gasteiger partial charge < -0.3 is 9.47 Å². The van der Waals surface area contributed by atoms with Crippen molar-refractivity contribution < 1.29 is 19.1 Å². The van der Waals surface area contributed by atoms with Crippen molar-refractivity contribution in [2.24, 2.45) is 11.8 Å². The fourth-order valence-electron chi connectivity index (χ4n) is 4.36. The Morgan fingerprint density at radius 2 is 1.00 bits per heavy atom. The minimum absolute atomic E-state index is 0.00999. The van der Waals surface area contributed by atoms with E-state index in [2.05, 4.69) is 27.7 Å². The van der Waals surface area contributed by atoms with E-state index < -0.39 is 0 Å². The van der Waals surface area contributed by atoms with E-state index in [1.54, 1.807) is 0 Å². The number of unbranched alkanes of at least 4 members (excludes halogenated alkanes) is 14. The van der Waals surface area contributed by atoms with E-state index in [-0.39, 0.29) is 11.9 Å². The van der Waals surface area contributed by atoms with Crippen molar-refractivity contribution >= 4 is 11.9 Å². The van der Waals surface area contributed by atoms with Gasteiger partial charge in [-0.1, -0.05) is 118 Å². The molecule has 0 aromatic rings. The molecule has 0 aliphatic rings. The van der Waals surface area contributed by atoms with Crippen LogP contribution in [0.15, 0.2) is 0 Å². The molecule has 4 nitrogen and oxygen atoms in total. The molecule has 202 valence electrons. The Bertz CT molecular complexity index is 461. The summed E-state index contributed by atoms with van der Waals surface area (Å²) in [5.41, 5.74) is 0. The molecule has 4 heteroatoms. The smallest absolute Gasteiger partial charge is 0.306 e. The Morgan fingerprint density at radius 3 is 1.53 bits per heavy atom. The molecular weight excluding hydrogens is 424 g/mol. The first-order valence-electron chi connectivity index (χ1n) is 14.8. The van der Waals surface area contributed by atoms with Crippen molar-refractivity contribution in [3.63, 3.8) is 0 Å². The molecule has 0 saturated carbocycles. The van der Waals surface area contributed by atoms with E-state index in [0.29, 0.717) is 37.9 Å². The van der Waals surface area contributed by atoms with E-state index in [4.69, 9.17) is 9.47 Å². The Labute approximate surface area is 212 Å². The van der Waals surface area contributed by atoms with Gasteiger partial charge >= 0.3 is 11.9 Å². The minimum Gasteiger partial charge on any atom is -0.466 e. The number of rotatable bonds is 25. The molecular formula is C30H58O4. The second kappa shape index (κ2) is 25.0. The third kappa shape index (κ3) is 22.7. The Kier molecular flexibility index (Phi) is 24.3. The summed E-state index contributed by atoms with van der Waals surface area (Å²) in [7, 11) is 0. The summed E-state index contributed by atoms with van der Waals surface area (Å²) in [4.78, 5) is 23.9. The van der Waals surface area contributed by atoms with Crippen LogP contribution in [0.3, 0.4) is 0 Å². The lowest BCUT2D eigenvalue weighted by atomic mass is 9.87. The Balaban J connectivity index is 3.61. The molecule has 34 heavy (non-hydrogen) atoms. The molecule has 1 unspecified atom stereocenters. The van der Waals surface area contributed by atoms with Crippen molar-refractivity contribution in [1.29, 1.82) is 0 Å². The van der Waals surface area contributed by atoms with Gasteiger partial charge in [0.05, 0.1) is 13.2 Å². The van der Waals surface area contributed by atoms with Crippen molar-refractivity contribution in [3.8, 4) is 0 Å². The van der Waals surface area contributed by atoms with E-state index >= 15 is 0 Å². The maximum absolute atomic E-state index is 12.2. The van der Waals surface area contributed by atoms with Crippen molar-refractivity contribution in [3.05, 3.63) is 0 Å². The van der Waals surface area contributed by atoms with Gasteiger partial charge in [0, 0.05) is 12.8 Å². The molecule has 0 aromatic heterocycles. The molecule has 0 amide bonds. The standard InChI is InChI=1S/C30H58O4/c1-5-7-9-16-20-24-33-29(31)23-19-15-13-11-12-14-18-22-28(27(3)4)26-30(32)34-25-21-17-10-8-6-2/h27-28H,5-26H2,1-4H3. The molecule has 0 aliphatic carbocycles. The van der Waals surface area contributed by atoms with Crippen LogP contribution < -0.4 is 0 Å². The highest BCUT2D eigenvalue weighted by atomic mass is 16.5. The molecule has 0 rings (SSSR count). The Morgan fingerprint density at radius 1 is 0.559 bits per heavy atom. The fourth-order valence-corrected chi connectivity index (χ4v) is 4.36. The highest BCUT2D eigenvalue weighted by Gasteiger charge is 2.18. The summed E-state index contributed by atoms with van der Waals surface area (Å²) in [6.07, 6.45) is 22.3. The van der Waals surface area contributed by atoms with Crippen LogP contribution in [0.5, 0.6) is 0 Å². The summed E-state index contributed by atoms with van der Waals surface area (Å²) < 4.78 is 10.8. The largest absolute Gasteiger partial charge is 0.466 e. The molecule has 0 saturated heterocycles. The number of carbonyl (C=O) groups is 2. The number of esters is 2. The van der Waals surface area contributed by atoms with Gasteiger partial charge in [0.25, 0.3) is 0 Å². The maximum atomic E-state index is 12.2. The molecule has 0 aliphatic heterocycles. The SMILES string of the molecule is CCCCCCCOC(=O)CCCCCCCCCC(CC(=O)OCCCCCCC)C(C)C. The fraction of sp³-hybridized carbons (Fsp3) is 0.933. The Hall–Kier alpha value is -1.06. The second-order valence-corrected chi connectivity index (χ2v) is 10.5. The van der Waals surface area contributed by atoms with Crippen LogP contribution in [0.4, 0.5) is 0 Å². The van der Waals surface area contributed by atoms with Crippen LogP contribution >= 0.6 is 0 Å². The monoisotopic (exact) mass is 482 g/mol. The molecule has 0 radical (unpaired) electrons.